The smallest absolute Gasteiger partial charge is 0.241 e. The number of amides is 1. The highest BCUT2D eigenvalue weighted by Crippen LogP contribution is 2.31. The molecule has 0 aliphatic rings. The van der Waals surface area contributed by atoms with Gasteiger partial charge in [0, 0.05) is 11.6 Å². The van der Waals surface area contributed by atoms with Gasteiger partial charge in [0.25, 0.3) is 0 Å². The van der Waals surface area contributed by atoms with E-state index in [0.29, 0.717) is 15.7 Å². The lowest BCUT2D eigenvalue weighted by molar-refractivity contribution is -0.117. The molecule has 2 N–H and O–H groups in total. The Kier molecular flexibility index (Phi) is 7.14. The van der Waals surface area contributed by atoms with Gasteiger partial charge >= 0.3 is 0 Å². The third-order valence-electron chi connectivity index (χ3n) is 4.01. The zero-order chi connectivity index (χ0) is 19.3. The summed E-state index contributed by atoms with van der Waals surface area (Å²) in [6.07, 6.45) is 0. The van der Waals surface area contributed by atoms with Gasteiger partial charge in [0.2, 0.25) is 5.91 Å². The van der Waals surface area contributed by atoms with Crippen LogP contribution in [0.15, 0.2) is 36.4 Å². The Morgan fingerprint density at radius 2 is 1.81 bits per heavy atom. The van der Waals surface area contributed by atoms with E-state index in [4.69, 9.17) is 32.7 Å². The van der Waals surface area contributed by atoms with Crippen molar-refractivity contribution in [1.82, 2.24) is 5.32 Å². The van der Waals surface area contributed by atoms with Gasteiger partial charge in [0.05, 0.1) is 36.0 Å². The van der Waals surface area contributed by atoms with Crippen LogP contribution >= 0.6 is 23.2 Å². The van der Waals surface area contributed by atoms with Crippen molar-refractivity contribution in [2.75, 3.05) is 19.5 Å². The van der Waals surface area contributed by atoms with Gasteiger partial charge in [-0.2, -0.15) is 0 Å². The quantitative estimate of drug-likeness (QED) is 0.712. The molecule has 0 radical (unpaired) electrons. The third kappa shape index (κ3) is 4.81. The first-order valence-corrected chi connectivity index (χ1v) is 8.85. The average molecular weight is 397 g/mol. The Labute approximate surface area is 163 Å². The van der Waals surface area contributed by atoms with Crippen LogP contribution in [0.2, 0.25) is 10.0 Å². The SMILES string of the molecule is COc1ccc(OC)c(C(C)NC(C)C(=O)Nc2cccc(Cl)c2Cl)c1. The number of benzene rings is 2. The van der Waals surface area contributed by atoms with Gasteiger partial charge in [-0.15, -0.1) is 0 Å². The van der Waals surface area contributed by atoms with Crippen molar-refractivity contribution in [1.29, 1.82) is 0 Å². The predicted molar refractivity (Wildman–Crippen MR) is 106 cm³/mol. The van der Waals surface area contributed by atoms with Crippen LogP contribution < -0.4 is 20.1 Å². The molecule has 0 saturated heterocycles. The van der Waals surface area contributed by atoms with Crippen molar-refractivity contribution in [2.45, 2.75) is 25.9 Å². The molecule has 0 heterocycles. The van der Waals surface area contributed by atoms with E-state index in [1.165, 1.54) is 0 Å². The number of nitrogens with one attached hydrogen (secondary N) is 2. The maximum atomic E-state index is 12.5. The van der Waals surface area contributed by atoms with E-state index in [9.17, 15) is 4.79 Å². The van der Waals surface area contributed by atoms with Crippen LogP contribution in [-0.2, 0) is 4.79 Å². The maximum Gasteiger partial charge on any atom is 0.241 e. The first-order chi connectivity index (χ1) is 12.4. The fourth-order valence-electron chi connectivity index (χ4n) is 2.56. The lowest BCUT2D eigenvalue weighted by Gasteiger charge is -2.22. The molecule has 0 spiro atoms. The molecule has 0 fully saturated rings. The van der Waals surface area contributed by atoms with E-state index >= 15 is 0 Å². The lowest BCUT2D eigenvalue weighted by atomic mass is 10.1. The van der Waals surface area contributed by atoms with Gasteiger partial charge in [-0.1, -0.05) is 29.3 Å². The summed E-state index contributed by atoms with van der Waals surface area (Å²) in [5.74, 6) is 1.22. The molecule has 2 aromatic rings. The van der Waals surface area contributed by atoms with Gasteiger partial charge in [-0.3, -0.25) is 10.1 Å². The van der Waals surface area contributed by atoms with Crippen molar-refractivity contribution in [3.63, 3.8) is 0 Å². The molecule has 0 aliphatic carbocycles. The van der Waals surface area contributed by atoms with E-state index in [1.807, 2.05) is 25.1 Å². The van der Waals surface area contributed by atoms with Gasteiger partial charge in [0.1, 0.15) is 11.5 Å². The van der Waals surface area contributed by atoms with E-state index < -0.39 is 6.04 Å². The highest BCUT2D eigenvalue weighted by molar-refractivity contribution is 6.44. The molecule has 5 nitrogen and oxygen atoms in total. The highest BCUT2D eigenvalue weighted by Gasteiger charge is 2.20. The number of hydrogen-bond donors (Lipinski definition) is 2. The zero-order valence-corrected chi connectivity index (χ0v) is 16.6. The normalized spacial score (nSPS) is 13.0. The second-order valence-corrected chi connectivity index (χ2v) is 6.59. The Morgan fingerprint density at radius 1 is 1.08 bits per heavy atom. The second-order valence-electron chi connectivity index (χ2n) is 5.81. The molecule has 0 aliphatic heterocycles. The number of carbonyl (C=O) groups excluding carboxylic acids is 1. The molecular formula is C19H22Cl2N2O3. The summed E-state index contributed by atoms with van der Waals surface area (Å²) in [6, 6.07) is 10.0. The topological polar surface area (TPSA) is 59.6 Å². The summed E-state index contributed by atoms with van der Waals surface area (Å²) in [5, 5.41) is 6.74. The molecule has 26 heavy (non-hydrogen) atoms. The Hall–Kier alpha value is -1.95. The van der Waals surface area contributed by atoms with Crippen molar-refractivity contribution in [3.05, 3.63) is 52.0 Å². The third-order valence-corrected chi connectivity index (χ3v) is 4.83. The van der Waals surface area contributed by atoms with E-state index in [1.54, 1.807) is 39.3 Å². The van der Waals surface area contributed by atoms with Crippen LogP contribution in [-0.4, -0.2) is 26.2 Å². The summed E-state index contributed by atoms with van der Waals surface area (Å²) in [7, 11) is 3.21. The molecule has 7 heteroatoms. The minimum Gasteiger partial charge on any atom is -0.497 e. The Morgan fingerprint density at radius 3 is 2.46 bits per heavy atom. The summed E-state index contributed by atoms with van der Waals surface area (Å²) in [4.78, 5) is 12.5. The van der Waals surface area contributed by atoms with Crippen molar-refractivity contribution in [3.8, 4) is 11.5 Å². The first-order valence-electron chi connectivity index (χ1n) is 8.10. The van der Waals surface area contributed by atoms with E-state index in [0.717, 1.165) is 17.1 Å². The van der Waals surface area contributed by atoms with Crippen LogP contribution in [0.5, 0.6) is 11.5 Å². The van der Waals surface area contributed by atoms with Crippen molar-refractivity contribution < 1.29 is 14.3 Å². The number of halogens is 2. The van der Waals surface area contributed by atoms with Gasteiger partial charge in [0.15, 0.2) is 0 Å². The molecule has 0 saturated carbocycles. The van der Waals surface area contributed by atoms with Crippen LogP contribution in [0.4, 0.5) is 5.69 Å². The van der Waals surface area contributed by atoms with E-state index in [-0.39, 0.29) is 11.9 Å². The Balaban J connectivity index is 2.10. The van der Waals surface area contributed by atoms with Crippen LogP contribution in [0.3, 0.4) is 0 Å². The molecule has 2 aromatic carbocycles. The minimum absolute atomic E-state index is 0.143. The fourth-order valence-corrected chi connectivity index (χ4v) is 2.91. The second kappa shape index (κ2) is 9.12. The van der Waals surface area contributed by atoms with E-state index in [2.05, 4.69) is 10.6 Å². The molecule has 0 aromatic heterocycles. The number of rotatable bonds is 7. The summed E-state index contributed by atoms with van der Waals surface area (Å²) >= 11 is 12.1. The van der Waals surface area contributed by atoms with Gasteiger partial charge in [-0.05, 0) is 44.2 Å². The highest BCUT2D eigenvalue weighted by atomic mass is 35.5. The molecule has 2 unspecified atom stereocenters. The monoisotopic (exact) mass is 396 g/mol. The fraction of sp³-hybridized carbons (Fsp3) is 0.316. The summed E-state index contributed by atoms with van der Waals surface area (Å²) in [6.45, 7) is 3.73. The maximum absolute atomic E-state index is 12.5. The molecule has 140 valence electrons. The zero-order valence-electron chi connectivity index (χ0n) is 15.1. The number of methoxy groups -OCH3 is 2. The average Bonchev–Trinajstić information content (AvgIpc) is 2.64. The lowest BCUT2D eigenvalue weighted by Crippen LogP contribution is -2.39. The summed E-state index contributed by atoms with van der Waals surface area (Å²) in [5.41, 5.74) is 1.37. The number of anilines is 1. The molecule has 2 rings (SSSR count). The summed E-state index contributed by atoms with van der Waals surface area (Å²) < 4.78 is 10.7. The predicted octanol–water partition coefficient (Wildman–Crippen LogP) is 4.69. The van der Waals surface area contributed by atoms with Crippen molar-refractivity contribution in [2.24, 2.45) is 0 Å². The molecule has 2 atom stereocenters. The van der Waals surface area contributed by atoms with Crippen molar-refractivity contribution >= 4 is 34.8 Å². The number of carbonyl (C=O) groups is 1. The molecule has 0 bridgehead atoms. The van der Waals surface area contributed by atoms with Crippen LogP contribution in [0.1, 0.15) is 25.5 Å². The van der Waals surface area contributed by atoms with Crippen LogP contribution in [0, 0.1) is 0 Å². The molecular weight excluding hydrogens is 375 g/mol. The first kappa shape index (κ1) is 20.4. The van der Waals surface area contributed by atoms with Crippen LogP contribution in [0.25, 0.3) is 0 Å². The minimum atomic E-state index is -0.476. The number of ether oxygens (including phenoxy) is 2. The number of hydrogen-bond acceptors (Lipinski definition) is 4. The van der Waals surface area contributed by atoms with Gasteiger partial charge < -0.3 is 14.8 Å². The molecule has 1 amide bonds. The standard InChI is InChI=1S/C19H22Cl2N2O3/c1-11(14-10-13(25-3)8-9-17(14)26-4)22-12(2)19(24)23-16-7-5-6-15(20)18(16)21/h5-12,22H,1-4H3,(H,23,24). The van der Waals surface area contributed by atoms with Gasteiger partial charge in [-0.25, -0.2) is 0 Å². The largest absolute Gasteiger partial charge is 0.497 e. The Bertz CT molecular complexity index is 783.